The molecule has 10 nitrogen and oxygen atoms in total. The van der Waals surface area contributed by atoms with Gasteiger partial charge in [-0.1, -0.05) is 50.7 Å². The molecule has 1 atom stereocenters. The zero-order valence-electron chi connectivity index (χ0n) is 25.6. The number of phenolic OH excluding ortho intramolecular Hbond substituents is 1. The lowest BCUT2D eigenvalue weighted by Gasteiger charge is -2.28. The first-order chi connectivity index (χ1) is 19.9. The van der Waals surface area contributed by atoms with Crippen molar-refractivity contribution in [2.45, 2.75) is 90.7 Å². The Bertz CT molecular complexity index is 1130. The molecule has 1 saturated heterocycles. The summed E-state index contributed by atoms with van der Waals surface area (Å²) >= 11 is 1.37. The molecule has 0 radical (unpaired) electrons. The monoisotopic (exact) mass is 602 g/mol. The van der Waals surface area contributed by atoms with E-state index in [1.807, 2.05) is 0 Å². The molecule has 2 aliphatic rings. The van der Waals surface area contributed by atoms with E-state index < -0.39 is 17.7 Å². The third-order valence-electron chi connectivity index (χ3n) is 6.79. The number of ether oxygens (including phenoxy) is 1. The number of likely N-dealkylation sites (N-methyl/N-ethyl adjacent to an activating group) is 1. The number of benzene rings is 1. The van der Waals surface area contributed by atoms with Gasteiger partial charge in [-0.15, -0.1) is 11.3 Å². The van der Waals surface area contributed by atoms with E-state index in [4.69, 9.17) is 4.74 Å². The molecule has 1 aromatic heterocycles. The van der Waals surface area contributed by atoms with Crippen LogP contribution in [0.4, 0.5) is 4.79 Å². The van der Waals surface area contributed by atoms with Gasteiger partial charge in [0.15, 0.2) is 0 Å². The van der Waals surface area contributed by atoms with Crippen molar-refractivity contribution in [3.8, 4) is 5.75 Å². The van der Waals surface area contributed by atoms with E-state index in [-0.39, 0.29) is 29.9 Å². The zero-order chi connectivity index (χ0) is 31.1. The lowest BCUT2D eigenvalue weighted by molar-refractivity contribution is -0.133. The second-order valence-corrected chi connectivity index (χ2v) is 12.2. The van der Waals surface area contributed by atoms with Crippen LogP contribution in [0.5, 0.6) is 5.75 Å². The van der Waals surface area contributed by atoms with Crippen molar-refractivity contribution in [1.82, 2.24) is 20.1 Å². The second kappa shape index (κ2) is 17.5. The van der Waals surface area contributed by atoms with Gasteiger partial charge in [0, 0.05) is 31.1 Å². The predicted octanol–water partition coefficient (Wildman–Crippen LogP) is 5.40. The number of nitrogens with one attached hydrogen (secondary N) is 1. The molecule has 2 aromatic rings. The molecule has 11 heteroatoms. The lowest BCUT2D eigenvalue weighted by atomic mass is 10.0. The maximum Gasteiger partial charge on any atom is 0.410 e. The minimum absolute atomic E-state index is 0.0364. The van der Waals surface area contributed by atoms with Gasteiger partial charge in [0.1, 0.15) is 23.1 Å². The predicted molar refractivity (Wildman–Crippen MR) is 164 cm³/mol. The first kappa shape index (κ1) is 34.7. The normalized spacial score (nSPS) is 15.2. The van der Waals surface area contributed by atoms with E-state index in [2.05, 4.69) is 10.3 Å². The van der Waals surface area contributed by atoms with Crippen LogP contribution in [0, 0.1) is 0 Å². The number of likely N-dealkylation sites (tertiary alicyclic amines) is 1. The number of ketones is 1. The first-order valence-corrected chi connectivity index (χ1v) is 15.6. The molecule has 1 unspecified atom stereocenters. The smallest absolute Gasteiger partial charge is 0.410 e. The second-order valence-electron chi connectivity index (χ2n) is 11.4. The van der Waals surface area contributed by atoms with Gasteiger partial charge in [-0.25, -0.2) is 9.78 Å². The number of carbonyl (C=O) groups excluding carboxylic acids is 4. The fourth-order valence-corrected chi connectivity index (χ4v) is 4.77. The van der Waals surface area contributed by atoms with Crippen LogP contribution in [-0.2, 0) is 14.3 Å². The van der Waals surface area contributed by atoms with Gasteiger partial charge in [-0.3, -0.25) is 19.3 Å². The number of thiazole rings is 1. The summed E-state index contributed by atoms with van der Waals surface area (Å²) in [5.41, 5.74) is 1.86. The Morgan fingerprint density at radius 1 is 1.05 bits per heavy atom. The molecule has 1 aliphatic heterocycles. The molecule has 1 aliphatic carbocycles. The maximum atomic E-state index is 12.0. The van der Waals surface area contributed by atoms with E-state index in [0.29, 0.717) is 11.3 Å². The fourth-order valence-electron chi connectivity index (χ4n) is 4.24. The van der Waals surface area contributed by atoms with Crippen LogP contribution in [0.3, 0.4) is 0 Å². The molecule has 1 aromatic carbocycles. The number of carbonyl (C=O) groups is 4. The standard InChI is InChI=1S/C15H27N3O4.C10H7NO2S.C6H12/c1-11(17(5)14(21)22-15(2,3)4)13(20)16-10-12(19)18-8-6-7-9-18;12-8-3-1-2-7(4-8)10(13)9-5-14-6-11-9;1-2-4-6-5-3-1/h11H,6-10H2,1-5H3,(H,16,20);1-6,12H;1-6H2. The third-order valence-corrected chi connectivity index (χ3v) is 7.37. The van der Waals surface area contributed by atoms with Gasteiger partial charge in [0.25, 0.3) is 0 Å². The fraction of sp³-hybridized carbons (Fsp3) is 0.581. The van der Waals surface area contributed by atoms with Crippen molar-refractivity contribution in [2.24, 2.45) is 0 Å². The highest BCUT2D eigenvalue weighted by molar-refractivity contribution is 7.07. The van der Waals surface area contributed by atoms with Gasteiger partial charge < -0.3 is 20.1 Å². The van der Waals surface area contributed by atoms with E-state index in [9.17, 15) is 24.3 Å². The summed E-state index contributed by atoms with van der Waals surface area (Å²) in [6.07, 6.45) is 10.5. The van der Waals surface area contributed by atoms with E-state index in [0.717, 1.165) is 25.9 Å². The number of hydrogen-bond donors (Lipinski definition) is 2. The van der Waals surface area contributed by atoms with Crippen LogP contribution < -0.4 is 5.32 Å². The number of hydrogen-bond acceptors (Lipinski definition) is 8. The van der Waals surface area contributed by atoms with Crippen molar-refractivity contribution in [2.75, 3.05) is 26.7 Å². The Balaban J connectivity index is 0.000000258. The highest BCUT2D eigenvalue weighted by Gasteiger charge is 2.27. The summed E-state index contributed by atoms with van der Waals surface area (Å²) in [5, 5.41) is 13.5. The van der Waals surface area contributed by atoms with Crippen LogP contribution in [0.2, 0.25) is 0 Å². The topological polar surface area (TPSA) is 129 Å². The number of amides is 3. The zero-order valence-corrected chi connectivity index (χ0v) is 26.4. The van der Waals surface area contributed by atoms with Crippen LogP contribution in [-0.4, -0.2) is 81.9 Å². The molecule has 0 spiro atoms. The van der Waals surface area contributed by atoms with Gasteiger partial charge in [0.05, 0.1) is 12.1 Å². The minimum atomic E-state index is -0.707. The SMILES string of the molecule is C1CCCCC1.CC(C(=O)NCC(=O)N1CCCC1)N(C)C(=O)OC(C)(C)C.O=C(c1cccc(O)c1)c1cscn1. The van der Waals surface area contributed by atoms with Gasteiger partial charge in [0.2, 0.25) is 17.6 Å². The first-order valence-electron chi connectivity index (χ1n) is 14.6. The molecular formula is C31H46N4O6S. The molecule has 4 rings (SSSR count). The number of rotatable bonds is 6. The summed E-state index contributed by atoms with van der Waals surface area (Å²) < 4.78 is 5.21. The number of nitrogens with zero attached hydrogens (tertiary/aromatic N) is 3. The molecule has 2 fully saturated rings. The van der Waals surface area contributed by atoms with Gasteiger partial charge in [-0.05, 0) is 52.7 Å². The molecule has 2 heterocycles. The Morgan fingerprint density at radius 2 is 1.64 bits per heavy atom. The van der Waals surface area contributed by atoms with E-state index in [1.54, 1.807) is 55.6 Å². The van der Waals surface area contributed by atoms with E-state index in [1.165, 1.54) is 73.9 Å². The molecule has 0 bridgehead atoms. The van der Waals surface area contributed by atoms with Crippen molar-refractivity contribution in [3.05, 3.63) is 46.4 Å². The van der Waals surface area contributed by atoms with Gasteiger partial charge in [-0.2, -0.15) is 0 Å². The maximum absolute atomic E-state index is 12.0. The molecule has 2 N–H and O–H groups in total. The lowest BCUT2D eigenvalue weighted by Crippen LogP contribution is -2.49. The van der Waals surface area contributed by atoms with Gasteiger partial charge >= 0.3 is 6.09 Å². The minimum Gasteiger partial charge on any atom is -0.508 e. The quantitative estimate of drug-likeness (QED) is 0.424. The summed E-state index contributed by atoms with van der Waals surface area (Å²) in [7, 11) is 1.50. The summed E-state index contributed by atoms with van der Waals surface area (Å²) in [6, 6.07) is 5.54. The van der Waals surface area contributed by atoms with Crippen molar-refractivity contribution >= 4 is 35.0 Å². The summed E-state index contributed by atoms with van der Waals surface area (Å²) in [4.78, 5) is 54.4. The largest absolute Gasteiger partial charge is 0.508 e. The Hall–Kier alpha value is -3.47. The van der Waals surface area contributed by atoms with Crippen molar-refractivity contribution in [3.63, 3.8) is 0 Å². The Labute approximate surface area is 253 Å². The molecule has 42 heavy (non-hydrogen) atoms. The third kappa shape index (κ3) is 12.6. The molecule has 232 valence electrons. The Kier molecular flexibility index (Phi) is 14.5. The highest BCUT2D eigenvalue weighted by Crippen LogP contribution is 2.16. The summed E-state index contributed by atoms with van der Waals surface area (Å²) in [6.45, 7) is 8.35. The average Bonchev–Trinajstić information content (AvgIpc) is 3.71. The van der Waals surface area contributed by atoms with Crippen LogP contribution >= 0.6 is 11.3 Å². The molecule has 3 amide bonds. The molecule has 1 saturated carbocycles. The summed E-state index contributed by atoms with van der Waals surface area (Å²) in [5.74, 6) is -0.535. The van der Waals surface area contributed by atoms with Crippen LogP contribution in [0.25, 0.3) is 0 Å². The number of phenols is 1. The van der Waals surface area contributed by atoms with Crippen molar-refractivity contribution < 1.29 is 29.0 Å². The average molecular weight is 603 g/mol. The van der Waals surface area contributed by atoms with E-state index >= 15 is 0 Å². The number of aromatic nitrogens is 1. The van der Waals surface area contributed by atoms with Crippen molar-refractivity contribution in [1.29, 1.82) is 0 Å². The highest BCUT2D eigenvalue weighted by atomic mass is 32.1. The Morgan fingerprint density at radius 3 is 2.14 bits per heavy atom. The van der Waals surface area contributed by atoms with Crippen LogP contribution in [0.15, 0.2) is 35.2 Å². The number of aromatic hydroxyl groups is 1. The molecular weight excluding hydrogens is 556 g/mol. The van der Waals surface area contributed by atoms with Crippen LogP contribution in [0.1, 0.15) is 95.1 Å².